The number of aryl methyl sites for hydroxylation is 2. The lowest BCUT2D eigenvalue weighted by atomic mass is 9.98. The quantitative estimate of drug-likeness (QED) is 0.128. The molecule has 10 nitrogen and oxygen atoms in total. The molecule has 3 aromatic rings. The van der Waals surface area contributed by atoms with Crippen LogP contribution in [-0.4, -0.2) is 109 Å². The Labute approximate surface area is 320 Å². The number of esters is 2. The van der Waals surface area contributed by atoms with Gasteiger partial charge in [-0.05, 0) is 98.2 Å². The number of nitrogens with one attached hydrogen (secondary N) is 2. The number of ether oxygens (including phenoxy) is 2. The second kappa shape index (κ2) is 16.1. The number of rotatable bonds is 14. The first-order chi connectivity index (χ1) is 25.4. The Kier molecular flexibility index (Phi) is 12.0. The maximum atomic E-state index is 13.0. The van der Waals surface area contributed by atoms with Gasteiger partial charge >= 0.3 is 11.9 Å². The normalized spacial score (nSPS) is 13.4. The van der Waals surface area contributed by atoms with Crippen molar-refractivity contribution < 1.29 is 28.0 Å². The van der Waals surface area contributed by atoms with Gasteiger partial charge in [0.05, 0.1) is 65.1 Å². The molecule has 0 saturated carbocycles. The summed E-state index contributed by atoms with van der Waals surface area (Å²) in [6.07, 6.45) is 5.11. The van der Waals surface area contributed by atoms with Crippen LogP contribution < -0.4 is 0 Å². The molecule has 10 heteroatoms. The Bertz CT molecular complexity index is 2220. The minimum atomic E-state index is -0.240. The van der Waals surface area contributed by atoms with Gasteiger partial charge in [0.1, 0.15) is 26.3 Å². The molecule has 2 N–H and O–H groups in total. The van der Waals surface area contributed by atoms with Crippen molar-refractivity contribution in [3.05, 3.63) is 82.5 Å². The number of carbonyl (C=O) groups is 2. The fourth-order valence-corrected chi connectivity index (χ4v) is 6.77. The summed E-state index contributed by atoms with van der Waals surface area (Å²) in [4.78, 5) is 43.5. The Morgan fingerprint density at radius 1 is 0.611 bits per heavy atom. The van der Waals surface area contributed by atoms with Crippen LogP contribution in [0.15, 0.2) is 37.4 Å². The van der Waals surface area contributed by atoms with E-state index in [1.54, 1.807) is 0 Å². The molecule has 2 aliphatic heterocycles. The Morgan fingerprint density at radius 2 is 1.00 bits per heavy atom. The predicted molar refractivity (Wildman–Crippen MR) is 222 cm³/mol. The van der Waals surface area contributed by atoms with Crippen molar-refractivity contribution in [3.8, 4) is 0 Å². The van der Waals surface area contributed by atoms with Gasteiger partial charge < -0.3 is 28.4 Å². The van der Waals surface area contributed by atoms with Crippen LogP contribution in [0.3, 0.4) is 0 Å². The highest BCUT2D eigenvalue weighted by atomic mass is 16.5. The average Bonchev–Trinajstić information content (AvgIpc) is 3.74. The van der Waals surface area contributed by atoms with E-state index in [1.165, 1.54) is 0 Å². The highest BCUT2D eigenvalue weighted by Gasteiger charge is 2.24. The first-order valence-electron chi connectivity index (χ1n) is 18.7. The molecule has 54 heavy (non-hydrogen) atoms. The van der Waals surface area contributed by atoms with Crippen molar-refractivity contribution >= 4 is 68.4 Å². The Hall–Kier alpha value is -5.06. The van der Waals surface area contributed by atoms with Crippen LogP contribution in [0.4, 0.5) is 0 Å². The smallest absolute Gasteiger partial charge is 0.306 e. The summed E-state index contributed by atoms with van der Waals surface area (Å²) in [7, 11) is 12.4. The lowest BCUT2D eigenvalue weighted by Gasteiger charge is -2.23. The summed E-state index contributed by atoms with van der Waals surface area (Å²) in [5, 5.41) is 0. The van der Waals surface area contributed by atoms with Gasteiger partial charge in [-0.2, -0.15) is 0 Å². The highest BCUT2D eigenvalue weighted by molar-refractivity contribution is 5.97. The zero-order valence-corrected chi connectivity index (χ0v) is 34.0. The standard InChI is InChI=1S/C44H58N6O4/c1-13-31-27(3)35-23-36-29(5)33(15-17-43(51)53-21-19-49(7,8)9)41(47-36)26-42-34(16-18-44(52)54-22-20-50(10,11)12)30(6)38(48-42)25-40-32(14-2)28(4)37(46-40)24-39(31)45-35/h13-14,23-26,45-46H,1-2,15-22H2,3-12H3/q+2. The van der Waals surface area contributed by atoms with Crippen LogP contribution in [0.2, 0.25) is 0 Å². The largest absolute Gasteiger partial charge is 0.460 e. The van der Waals surface area contributed by atoms with Crippen LogP contribution in [0.25, 0.3) is 56.5 Å². The Balaban J connectivity index is 1.67. The fraction of sp³-hybridized carbons (Fsp3) is 0.409. The summed E-state index contributed by atoms with van der Waals surface area (Å²) >= 11 is 0. The fourth-order valence-electron chi connectivity index (χ4n) is 6.77. The molecule has 5 rings (SSSR count). The van der Waals surface area contributed by atoms with Gasteiger partial charge in [-0.3, -0.25) is 9.59 Å². The molecule has 0 spiro atoms. The minimum absolute atomic E-state index is 0.223. The second-order valence-electron chi connectivity index (χ2n) is 16.4. The molecular formula is C44H58N6O4+2. The van der Waals surface area contributed by atoms with Crippen LogP contribution in [0, 0.1) is 13.8 Å². The van der Waals surface area contributed by atoms with Crippen molar-refractivity contribution in [2.24, 2.45) is 0 Å². The number of allylic oxidation sites excluding steroid dienone is 4. The maximum absolute atomic E-state index is 13.0. The molecule has 0 atom stereocenters. The van der Waals surface area contributed by atoms with E-state index in [9.17, 15) is 9.59 Å². The van der Waals surface area contributed by atoms with E-state index < -0.39 is 0 Å². The number of likely N-dealkylation sites (N-methyl/N-ethyl adjacent to an activating group) is 2. The first kappa shape index (κ1) is 40.1. The molecule has 0 fully saturated rings. The zero-order chi connectivity index (χ0) is 39.5. The monoisotopic (exact) mass is 734 g/mol. The molecule has 2 aliphatic rings. The number of hydrogen-bond acceptors (Lipinski definition) is 6. The number of nitrogens with zero attached hydrogens (tertiary/aromatic N) is 4. The number of fused-ring (bicyclic) bond motifs is 8. The van der Waals surface area contributed by atoms with Gasteiger partial charge in [0.25, 0.3) is 0 Å². The maximum Gasteiger partial charge on any atom is 0.306 e. The Morgan fingerprint density at radius 3 is 1.41 bits per heavy atom. The summed E-state index contributed by atoms with van der Waals surface area (Å²) < 4.78 is 12.7. The van der Waals surface area contributed by atoms with Gasteiger partial charge in [0, 0.05) is 46.0 Å². The number of carbonyl (C=O) groups excluding carboxylic acids is 2. The van der Waals surface area contributed by atoms with E-state index in [2.05, 4.69) is 104 Å². The molecule has 5 heterocycles. The van der Waals surface area contributed by atoms with E-state index in [0.717, 1.165) is 102 Å². The first-order valence-corrected chi connectivity index (χ1v) is 18.7. The topological polar surface area (TPSA) is 110 Å². The van der Waals surface area contributed by atoms with Crippen molar-refractivity contribution in [1.82, 2.24) is 19.9 Å². The number of aromatic amines is 2. The second-order valence-corrected chi connectivity index (χ2v) is 16.4. The summed E-state index contributed by atoms with van der Waals surface area (Å²) in [6.45, 7) is 18.7. The number of hydrogen-bond donors (Lipinski definition) is 2. The highest BCUT2D eigenvalue weighted by Crippen LogP contribution is 2.38. The molecule has 286 valence electrons. The van der Waals surface area contributed by atoms with Gasteiger partial charge in [0.2, 0.25) is 0 Å². The molecule has 0 saturated heterocycles. The van der Waals surface area contributed by atoms with E-state index >= 15 is 0 Å². The van der Waals surface area contributed by atoms with Crippen molar-refractivity contribution in [3.63, 3.8) is 0 Å². The van der Waals surface area contributed by atoms with E-state index in [1.807, 2.05) is 25.1 Å². The third-order valence-electron chi connectivity index (χ3n) is 10.3. The molecule has 8 bridgehead atoms. The summed E-state index contributed by atoms with van der Waals surface area (Å²) in [5.41, 5.74) is 14.8. The van der Waals surface area contributed by atoms with Gasteiger partial charge in [-0.25, -0.2) is 9.97 Å². The molecule has 0 aliphatic carbocycles. The van der Waals surface area contributed by atoms with Crippen LogP contribution >= 0.6 is 0 Å². The lowest BCUT2D eigenvalue weighted by molar-refractivity contribution is -0.870. The van der Waals surface area contributed by atoms with E-state index in [0.29, 0.717) is 35.0 Å². The van der Waals surface area contributed by atoms with Gasteiger partial charge in [-0.15, -0.1) is 0 Å². The van der Waals surface area contributed by atoms with Gasteiger partial charge in [-0.1, -0.05) is 25.3 Å². The third-order valence-corrected chi connectivity index (χ3v) is 10.3. The predicted octanol–water partition coefficient (Wildman–Crippen LogP) is 8.14. The number of aromatic nitrogens is 4. The molecule has 0 unspecified atom stereocenters. The zero-order valence-electron chi connectivity index (χ0n) is 34.0. The van der Waals surface area contributed by atoms with Crippen LogP contribution in [0.1, 0.15) is 84.6 Å². The van der Waals surface area contributed by atoms with E-state index in [-0.39, 0.29) is 24.8 Å². The molecule has 0 aromatic carbocycles. The summed E-state index contributed by atoms with van der Waals surface area (Å²) in [5.74, 6) is -0.479. The van der Waals surface area contributed by atoms with Gasteiger partial charge in [0.15, 0.2) is 0 Å². The molecule has 3 aromatic heterocycles. The lowest BCUT2D eigenvalue weighted by Crippen LogP contribution is -2.38. The van der Waals surface area contributed by atoms with Crippen LogP contribution in [-0.2, 0) is 19.1 Å². The van der Waals surface area contributed by atoms with Crippen LogP contribution in [0.5, 0.6) is 0 Å². The number of quaternary nitrogens is 2. The molecule has 0 amide bonds. The summed E-state index contributed by atoms with van der Waals surface area (Å²) in [6, 6.07) is 8.24. The molecular weight excluding hydrogens is 677 g/mol. The van der Waals surface area contributed by atoms with Crippen molar-refractivity contribution in [1.29, 1.82) is 0 Å². The average molecular weight is 735 g/mol. The number of H-pyrrole nitrogens is 2. The molecule has 0 radical (unpaired) electrons. The van der Waals surface area contributed by atoms with Crippen molar-refractivity contribution in [2.45, 2.75) is 53.4 Å². The third kappa shape index (κ3) is 9.35. The SMILES string of the molecule is C=Cc1c(C)c2cc3[nH]c(cc4nc(cc5nc(cc1[nH]2)C(C)=C5CCC(=O)OCC[N+](C)(C)C)C(CCC(=O)OCC[N+](C)(C)C)=C4C)c(C)c3C=C. The van der Waals surface area contributed by atoms with Crippen molar-refractivity contribution in [2.75, 3.05) is 68.6 Å². The van der Waals surface area contributed by atoms with E-state index in [4.69, 9.17) is 19.4 Å². The minimum Gasteiger partial charge on any atom is -0.460 e.